The van der Waals surface area contributed by atoms with Crippen molar-refractivity contribution in [2.45, 2.75) is 30.7 Å². The van der Waals surface area contributed by atoms with Crippen LogP contribution in [-0.2, 0) is 4.79 Å². The lowest BCUT2D eigenvalue weighted by atomic mass is 10.3. The SMILES string of the molecule is CCNC(=NCCSc1ccc(F)cc1)N1CCN(CC(=O)NC2CC2)CC1. The van der Waals surface area contributed by atoms with E-state index in [-0.39, 0.29) is 11.7 Å². The fourth-order valence-electron chi connectivity index (χ4n) is 3.09. The molecule has 154 valence electrons. The van der Waals surface area contributed by atoms with Crippen molar-refractivity contribution < 1.29 is 9.18 Å². The van der Waals surface area contributed by atoms with Gasteiger partial charge in [-0.15, -0.1) is 11.8 Å². The van der Waals surface area contributed by atoms with Crippen molar-refractivity contribution in [1.82, 2.24) is 20.4 Å². The van der Waals surface area contributed by atoms with Gasteiger partial charge in [0.1, 0.15) is 5.82 Å². The molecular formula is C20H30FN5OS. The number of carbonyl (C=O) groups is 1. The van der Waals surface area contributed by atoms with Gasteiger partial charge in [-0.25, -0.2) is 4.39 Å². The van der Waals surface area contributed by atoms with Crippen LogP contribution in [0.4, 0.5) is 4.39 Å². The highest BCUT2D eigenvalue weighted by molar-refractivity contribution is 7.99. The van der Waals surface area contributed by atoms with Crippen molar-refractivity contribution in [2.75, 3.05) is 51.6 Å². The molecule has 0 bridgehead atoms. The number of guanidine groups is 1. The molecule has 1 saturated heterocycles. The fraction of sp³-hybridized carbons (Fsp3) is 0.600. The Kier molecular flexibility index (Phi) is 7.97. The number of amides is 1. The molecule has 8 heteroatoms. The lowest BCUT2D eigenvalue weighted by Gasteiger charge is -2.36. The van der Waals surface area contributed by atoms with Crippen LogP contribution in [0.2, 0.25) is 0 Å². The highest BCUT2D eigenvalue weighted by atomic mass is 32.2. The predicted octanol–water partition coefficient (Wildman–Crippen LogP) is 1.78. The molecule has 0 aromatic heterocycles. The Morgan fingerprint density at radius 2 is 1.93 bits per heavy atom. The average molecular weight is 408 g/mol. The van der Waals surface area contributed by atoms with Crippen LogP contribution < -0.4 is 10.6 Å². The number of thioether (sulfide) groups is 1. The van der Waals surface area contributed by atoms with Crippen LogP contribution in [0.25, 0.3) is 0 Å². The van der Waals surface area contributed by atoms with Gasteiger partial charge in [-0.05, 0) is 44.0 Å². The number of piperazine rings is 1. The fourth-order valence-corrected chi connectivity index (χ4v) is 3.84. The Hall–Kier alpha value is -1.80. The second-order valence-corrected chi connectivity index (χ2v) is 8.31. The van der Waals surface area contributed by atoms with Crippen LogP contribution in [0.1, 0.15) is 19.8 Å². The average Bonchev–Trinajstić information content (AvgIpc) is 3.50. The molecule has 2 aliphatic rings. The van der Waals surface area contributed by atoms with Gasteiger partial charge in [-0.2, -0.15) is 0 Å². The van der Waals surface area contributed by atoms with E-state index in [9.17, 15) is 9.18 Å². The van der Waals surface area contributed by atoms with E-state index in [4.69, 9.17) is 4.99 Å². The van der Waals surface area contributed by atoms with E-state index in [0.29, 0.717) is 19.1 Å². The molecule has 1 aromatic rings. The molecule has 1 aliphatic carbocycles. The number of nitrogens with zero attached hydrogens (tertiary/aromatic N) is 3. The third-order valence-corrected chi connectivity index (χ3v) is 5.74. The summed E-state index contributed by atoms with van der Waals surface area (Å²) in [6, 6.07) is 7.00. The van der Waals surface area contributed by atoms with E-state index in [1.807, 2.05) is 0 Å². The third-order valence-electron chi connectivity index (χ3n) is 4.75. The van der Waals surface area contributed by atoms with Crippen molar-refractivity contribution in [2.24, 2.45) is 4.99 Å². The highest BCUT2D eigenvalue weighted by Gasteiger charge is 2.25. The van der Waals surface area contributed by atoms with Gasteiger partial charge in [-0.1, -0.05) is 0 Å². The summed E-state index contributed by atoms with van der Waals surface area (Å²) in [4.78, 5) is 22.2. The summed E-state index contributed by atoms with van der Waals surface area (Å²) in [6.45, 7) is 7.57. The second-order valence-electron chi connectivity index (χ2n) is 7.14. The first-order chi connectivity index (χ1) is 13.6. The second kappa shape index (κ2) is 10.7. The van der Waals surface area contributed by atoms with Crippen molar-refractivity contribution >= 4 is 23.6 Å². The van der Waals surface area contributed by atoms with Crippen LogP contribution >= 0.6 is 11.8 Å². The van der Waals surface area contributed by atoms with Gasteiger partial charge in [0.15, 0.2) is 5.96 Å². The Bertz CT molecular complexity index is 657. The molecule has 0 radical (unpaired) electrons. The van der Waals surface area contributed by atoms with Gasteiger partial charge in [0, 0.05) is 49.4 Å². The number of halogens is 1. The van der Waals surface area contributed by atoms with Gasteiger partial charge in [0.25, 0.3) is 0 Å². The molecule has 6 nitrogen and oxygen atoms in total. The lowest BCUT2D eigenvalue weighted by Crippen LogP contribution is -2.54. The minimum atomic E-state index is -0.207. The largest absolute Gasteiger partial charge is 0.357 e. The van der Waals surface area contributed by atoms with E-state index in [1.54, 1.807) is 23.9 Å². The van der Waals surface area contributed by atoms with Crippen molar-refractivity contribution in [3.8, 4) is 0 Å². The van der Waals surface area contributed by atoms with E-state index in [2.05, 4.69) is 27.4 Å². The first-order valence-electron chi connectivity index (χ1n) is 10.1. The number of carbonyl (C=O) groups excluding carboxylic acids is 1. The summed E-state index contributed by atoms with van der Waals surface area (Å²) in [7, 11) is 0. The minimum absolute atomic E-state index is 0.148. The summed E-state index contributed by atoms with van der Waals surface area (Å²) < 4.78 is 13.0. The predicted molar refractivity (Wildman–Crippen MR) is 112 cm³/mol. The van der Waals surface area contributed by atoms with Crippen molar-refractivity contribution in [3.63, 3.8) is 0 Å². The number of benzene rings is 1. The van der Waals surface area contributed by atoms with Crippen LogP contribution in [0.5, 0.6) is 0 Å². The quantitative estimate of drug-likeness (QED) is 0.298. The number of nitrogens with one attached hydrogen (secondary N) is 2. The third kappa shape index (κ3) is 6.98. The van der Waals surface area contributed by atoms with Crippen molar-refractivity contribution in [3.05, 3.63) is 30.1 Å². The minimum Gasteiger partial charge on any atom is -0.357 e. The molecule has 0 unspecified atom stereocenters. The van der Waals surface area contributed by atoms with Crippen molar-refractivity contribution in [1.29, 1.82) is 0 Å². The number of rotatable bonds is 8. The zero-order valence-corrected chi connectivity index (χ0v) is 17.3. The normalized spacial score (nSPS) is 18.2. The molecule has 3 rings (SSSR count). The molecule has 1 amide bonds. The number of aliphatic imine (C=N–C) groups is 1. The van der Waals surface area contributed by atoms with Crippen LogP contribution in [-0.4, -0.2) is 79.3 Å². The summed E-state index contributed by atoms with van der Waals surface area (Å²) in [5.74, 6) is 1.72. The first-order valence-corrected chi connectivity index (χ1v) is 11.1. The summed E-state index contributed by atoms with van der Waals surface area (Å²) >= 11 is 1.68. The van der Waals surface area contributed by atoms with E-state index < -0.39 is 0 Å². The molecule has 1 heterocycles. The van der Waals surface area contributed by atoms with Gasteiger partial charge < -0.3 is 15.5 Å². The maximum absolute atomic E-state index is 13.0. The van der Waals surface area contributed by atoms with E-state index in [1.165, 1.54) is 12.1 Å². The first kappa shape index (κ1) is 20.9. The molecule has 2 fully saturated rings. The molecule has 1 aliphatic heterocycles. The maximum atomic E-state index is 13.0. The number of hydrogen-bond donors (Lipinski definition) is 2. The smallest absolute Gasteiger partial charge is 0.234 e. The molecule has 0 spiro atoms. The topological polar surface area (TPSA) is 60.0 Å². The molecule has 0 atom stereocenters. The summed E-state index contributed by atoms with van der Waals surface area (Å²) in [6.07, 6.45) is 2.25. The Labute approximate surface area is 170 Å². The lowest BCUT2D eigenvalue weighted by molar-refractivity contribution is -0.122. The molecule has 1 aromatic carbocycles. The Morgan fingerprint density at radius 3 is 2.57 bits per heavy atom. The molecule has 28 heavy (non-hydrogen) atoms. The molecular weight excluding hydrogens is 377 g/mol. The summed E-state index contributed by atoms with van der Waals surface area (Å²) in [5, 5.41) is 6.42. The summed E-state index contributed by atoms with van der Waals surface area (Å²) in [5.41, 5.74) is 0. The van der Waals surface area contributed by atoms with Gasteiger partial charge >= 0.3 is 0 Å². The van der Waals surface area contributed by atoms with Crippen LogP contribution in [0.15, 0.2) is 34.2 Å². The monoisotopic (exact) mass is 407 g/mol. The van der Waals surface area contributed by atoms with Gasteiger partial charge in [-0.3, -0.25) is 14.7 Å². The molecule has 1 saturated carbocycles. The highest BCUT2D eigenvalue weighted by Crippen LogP contribution is 2.19. The van der Waals surface area contributed by atoms with Crippen LogP contribution in [0.3, 0.4) is 0 Å². The zero-order valence-electron chi connectivity index (χ0n) is 16.5. The maximum Gasteiger partial charge on any atom is 0.234 e. The van der Waals surface area contributed by atoms with E-state index in [0.717, 1.165) is 62.2 Å². The zero-order chi connectivity index (χ0) is 19.8. The standard InChI is InChI=1S/C20H30FN5OS/c1-2-22-20(23-9-14-28-18-7-3-16(21)4-8-18)26-12-10-25(11-13-26)15-19(27)24-17-5-6-17/h3-4,7-8,17H,2,5-6,9-15H2,1H3,(H,22,23)(H,24,27). The van der Waals surface area contributed by atoms with Gasteiger partial charge in [0.05, 0.1) is 13.1 Å². The Morgan fingerprint density at radius 1 is 1.21 bits per heavy atom. The number of hydrogen-bond acceptors (Lipinski definition) is 4. The van der Waals surface area contributed by atoms with E-state index >= 15 is 0 Å². The molecule has 2 N–H and O–H groups in total. The van der Waals surface area contributed by atoms with Crippen LogP contribution in [0, 0.1) is 5.82 Å². The Balaban J connectivity index is 1.40. The van der Waals surface area contributed by atoms with Gasteiger partial charge in [0.2, 0.25) is 5.91 Å².